The molecule has 1 fully saturated rings. The van der Waals surface area contributed by atoms with Crippen LogP contribution in [0.4, 0.5) is 0 Å². The highest BCUT2D eigenvalue weighted by molar-refractivity contribution is 5.88. The van der Waals surface area contributed by atoms with Crippen LogP contribution in [0.2, 0.25) is 0 Å². The molecule has 4 nitrogen and oxygen atoms in total. The Morgan fingerprint density at radius 3 is 2.60 bits per heavy atom. The molecule has 20 heavy (non-hydrogen) atoms. The molecule has 114 valence electrons. The monoisotopic (exact) mass is 282 g/mol. The zero-order valence-electron chi connectivity index (χ0n) is 12.7. The molecule has 2 atom stereocenters. The highest BCUT2D eigenvalue weighted by Crippen LogP contribution is 2.22. The van der Waals surface area contributed by atoms with Crippen LogP contribution in [0.5, 0.6) is 0 Å². The van der Waals surface area contributed by atoms with Gasteiger partial charge < -0.3 is 4.74 Å². The van der Waals surface area contributed by atoms with E-state index in [0.717, 1.165) is 12.8 Å². The number of ketones is 2. The van der Waals surface area contributed by atoms with Crippen LogP contribution in [0.3, 0.4) is 0 Å². The van der Waals surface area contributed by atoms with E-state index in [-0.39, 0.29) is 29.6 Å². The van der Waals surface area contributed by atoms with E-state index in [1.54, 1.807) is 0 Å². The second kappa shape index (κ2) is 8.88. The van der Waals surface area contributed by atoms with E-state index in [9.17, 15) is 14.4 Å². The van der Waals surface area contributed by atoms with Crippen LogP contribution in [0.15, 0.2) is 0 Å². The van der Waals surface area contributed by atoms with Crippen LogP contribution in [0.25, 0.3) is 0 Å². The summed E-state index contributed by atoms with van der Waals surface area (Å²) in [5, 5.41) is 0. The van der Waals surface area contributed by atoms with Crippen molar-refractivity contribution < 1.29 is 19.1 Å². The molecule has 1 aliphatic rings. The lowest BCUT2D eigenvalue weighted by atomic mass is 9.88. The summed E-state index contributed by atoms with van der Waals surface area (Å²) in [6, 6.07) is 0. The van der Waals surface area contributed by atoms with Crippen LogP contribution in [0, 0.1) is 5.92 Å². The molecule has 0 aliphatic carbocycles. The number of Topliss-reactive ketones (excluding diaryl/α,β-unsaturated/α-hetero) is 2. The second-order valence-electron chi connectivity index (χ2n) is 5.59. The fourth-order valence-corrected chi connectivity index (χ4v) is 2.63. The molecule has 1 rings (SSSR count). The summed E-state index contributed by atoms with van der Waals surface area (Å²) < 4.78 is 5.40. The Morgan fingerprint density at radius 1 is 1.20 bits per heavy atom. The predicted octanol–water partition coefficient (Wildman–Crippen LogP) is 3.22. The Kier molecular flexibility index (Phi) is 7.48. The first-order valence-electron chi connectivity index (χ1n) is 7.80. The van der Waals surface area contributed by atoms with Gasteiger partial charge in [0.25, 0.3) is 0 Å². The number of hydrogen-bond donors (Lipinski definition) is 0. The molecular weight excluding hydrogens is 256 g/mol. The number of rotatable bonds is 5. The van der Waals surface area contributed by atoms with E-state index in [2.05, 4.69) is 0 Å². The summed E-state index contributed by atoms with van der Waals surface area (Å²) in [4.78, 5) is 35.5. The third-order valence-corrected chi connectivity index (χ3v) is 3.88. The van der Waals surface area contributed by atoms with Crippen molar-refractivity contribution in [3.05, 3.63) is 0 Å². The SMILES string of the molecule is CCCC1CCC(=O)C(CC(=O)CC)CCCC(=O)O1. The molecule has 0 radical (unpaired) electrons. The summed E-state index contributed by atoms with van der Waals surface area (Å²) in [6.07, 6.45) is 5.02. The fourth-order valence-electron chi connectivity index (χ4n) is 2.63. The van der Waals surface area contributed by atoms with Crippen LogP contribution in [-0.4, -0.2) is 23.6 Å². The van der Waals surface area contributed by atoms with Gasteiger partial charge in [0.05, 0.1) is 0 Å². The van der Waals surface area contributed by atoms with Gasteiger partial charge in [-0.3, -0.25) is 14.4 Å². The second-order valence-corrected chi connectivity index (χ2v) is 5.59. The molecule has 1 heterocycles. The van der Waals surface area contributed by atoms with Crippen molar-refractivity contribution in [2.45, 2.75) is 77.7 Å². The van der Waals surface area contributed by atoms with Crippen molar-refractivity contribution in [2.75, 3.05) is 0 Å². The molecule has 0 aromatic heterocycles. The first kappa shape index (κ1) is 16.9. The standard InChI is InChI=1S/C16H26O4/c1-3-6-14-9-10-15(18)12(11-13(17)4-2)7-5-8-16(19)20-14/h12,14H,3-11H2,1-2H3. The van der Waals surface area contributed by atoms with Crippen molar-refractivity contribution in [1.82, 2.24) is 0 Å². The normalized spacial score (nSPS) is 25.1. The zero-order chi connectivity index (χ0) is 15.0. The molecule has 0 aromatic carbocycles. The lowest BCUT2D eigenvalue weighted by Gasteiger charge is -2.21. The highest BCUT2D eigenvalue weighted by atomic mass is 16.5. The van der Waals surface area contributed by atoms with Crippen molar-refractivity contribution in [2.24, 2.45) is 5.92 Å². The van der Waals surface area contributed by atoms with Gasteiger partial charge >= 0.3 is 5.97 Å². The largest absolute Gasteiger partial charge is 0.462 e. The number of carbonyl (C=O) groups excluding carboxylic acids is 3. The Balaban J connectivity index is 2.65. The van der Waals surface area contributed by atoms with Gasteiger partial charge in [-0.2, -0.15) is 0 Å². The average molecular weight is 282 g/mol. The molecular formula is C16H26O4. The van der Waals surface area contributed by atoms with Crippen molar-refractivity contribution in [3.8, 4) is 0 Å². The van der Waals surface area contributed by atoms with Crippen molar-refractivity contribution in [1.29, 1.82) is 0 Å². The minimum absolute atomic E-state index is 0.132. The smallest absolute Gasteiger partial charge is 0.306 e. The summed E-state index contributed by atoms with van der Waals surface area (Å²) in [5.74, 6) is -0.0760. The molecule has 0 bridgehead atoms. The van der Waals surface area contributed by atoms with Gasteiger partial charge in [0.15, 0.2) is 0 Å². The maximum Gasteiger partial charge on any atom is 0.306 e. The van der Waals surface area contributed by atoms with Gasteiger partial charge in [0.1, 0.15) is 17.7 Å². The van der Waals surface area contributed by atoms with Crippen LogP contribution in [0.1, 0.15) is 71.6 Å². The Morgan fingerprint density at radius 2 is 1.95 bits per heavy atom. The van der Waals surface area contributed by atoms with Gasteiger partial charge in [0.2, 0.25) is 0 Å². The summed E-state index contributed by atoms with van der Waals surface area (Å²) >= 11 is 0. The molecule has 1 saturated heterocycles. The molecule has 0 amide bonds. The fraction of sp³-hybridized carbons (Fsp3) is 0.812. The summed E-state index contributed by atoms with van der Waals surface area (Å²) in [5.41, 5.74) is 0. The van der Waals surface area contributed by atoms with Gasteiger partial charge in [-0.15, -0.1) is 0 Å². The number of hydrogen-bond acceptors (Lipinski definition) is 4. The first-order valence-corrected chi connectivity index (χ1v) is 7.80. The predicted molar refractivity (Wildman–Crippen MR) is 76.3 cm³/mol. The zero-order valence-corrected chi connectivity index (χ0v) is 12.7. The number of cyclic esters (lactones) is 1. The number of ether oxygens (including phenoxy) is 1. The third-order valence-electron chi connectivity index (χ3n) is 3.88. The summed E-state index contributed by atoms with van der Waals surface area (Å²) in [7, 11) is 0. The highest BCUT2D eigenvalue weighted by Gasteiger charge is 2.25. The number of esters is 1. The molecule has 0 aromatic rings. The number of carbonyl (C=O) groups is 3. The minimum Gasteiger partial charge on any atom is -0.462 e. The molecule has 0 saturated carbocycles. The van der Waals surface area contributed by atoms with Gasteiger partial charge in [0, 0.05) is 31.6 Å². The Bertz CT molecular complexity index is 348. The first-order chi connectivity index (χ1) is 9.56. The molecule has 0 spiro atoms. The third kappa shape index (κ3) is 5.85. The lowest BCUT2D eigenvalue weighted by Crippen LogP contribution is -2.25. The topological polar surface area (TPSA) is 60.4 Å². The van der Waals surface area contributed by atoms with Crippen molar-refractivity contribution in [3.63, 3.8) is 0 Å². The van der Waals surface area contributed by atoms with Crippen molar-refractivity contribution >= 4 is 17.5 Å². The maximum atomic E-state index is 12.2. The van der Waals surface area contributed by atoms with E-state index in [1.165, 1.54) is 0 Å². The van der Waals surface area contributed by atoms with Crippen LogP contribution >= 0.6 is 0 Å². The minimum atomic E-state index is -0.198. The van der Waals surface area contributed by atoms with Gasteiger partial charge in [-0.1, -0.05) is 20.3 Å². The lowest BCUT2D eigenvalue weighted by molar-refractivity contribution is -0.151. The molecule has 0 N–H and O–H groups in total. The molecule has 4 heteroatoms. The summed E-state index contributed by atoms with van der Waals surface area (Å²) in [6.45, 7) is 3.86. The maximum absolute atomic E-state index is 12.2. The van der Waals surface area contributed by atoms with E-state index >= 15 is 0 Å². The van der Waals surface area contributed by atoms with Gasteiger partial charge in [-0.05, 0) is 25.7 Å². The Hall–Kier alpha value is -1.19. The van der Waals surface area contributed by atoms with Crippen LogP contribution < -0.4 is 0 Å². The average Bonchev–Trinajstić information content (AvgIpc) is 2.42. The quantitative estimate of drug-likeness (QED) is 0.726. The Labute approximate surface area is 121 Å². The van der Waals surface area contributed by atoms with E-state index < -0.39 is 0 Å². The van der Waals surface area contributed by atoms with Gasteiger partial charge in [-0.25, -0.2) is 0 Å². The molecule has 1 aliphatic heterocycles. The molecule has 2 unspecified atom stereocenters. The van der Waals surface area contributed by atoms with E-state index in [1.807, 2.05) is 13.8 Å². The van der Waals surface area contributed by atoms with Crippen LogP contribution in [-0.2, 0) is 19.1 Å². The van der Waals surface area contributed by atoms with E-state index in [4.69, 9.17) is 4.74 Å². The van der Waals surface area contributed by atoms with E-state index in [0.29, 0.717) is 44.9 Å².